The number of rotatable bonds is 3. The third-order valence-corrected chi connectivity index (χ3v) is 3.21. The molecule has 1 fully saturated rings. The summed E-state index contributed by atoms with van der Waals surface area (Å²) in [4.78, 5) is 16.8. The van der Waals surface area contributed by atoms with E-state index in [2.05, 4.69) is 4.98 Å². The Morgan fingerprint density at radius 3 is 2.79 bits per heavy atom. The van der Waals surface area contributed by atoms with E-state index in [1.54, 1.807) is 0 Å². The first-order valence-corrected chi connectivity index (χ1v) is 6.34. The Bertz CT molecular complexity index is 460. The van der Waals surface area contributed by atoms with E-state index in [0.717, 1.165) is 19.0 Å². The second-order valence-corrected chi connectivity index (χ2v) is 4.41. The van der Waals surface area contributed by atoms with E-state index in [9.17, 15) is 13.6 Å². The first-order chi connectivity index (χ1) is 9.13. The summed E-state index contributed by atoms with van der Waals surface area (Å²) < 4.78 is 32.0. The van der Waals surface area contributed by atoms with Crippen LogP contribution in [0.3, 0.4) is 0 Å². The van der Waals surface area contributed by atoms with Crippen LogP contribution < -0.4 is 0 Å². The number of aromatic nitrogens is 1. The fourth-order valence-corrected chi connectivity index (χ4v) is 2.21. The van der Waals surface area contributed by atoms with Gasteiger partial charge in [0.25, 0.3) is 5.91 Å². The number of ether oxygens (including phenoxy) is 1. The lowest BCUT2D eigenvalue weighted by molar-refractivity contribution is 0.0144. The molecule has 1 saturated heterocycles. The van der Waals surface area contributed by atoms with Crippen LogP contribution in [-0.4, -0.2) is 41.6 Å². The average molecular weight is 270 g/mol. The van der Waals surface area contributed by atoms with Crippen LogP contribution in [0.25, 0.3) is 0 Å². The standard InChI is InChI=1S/C13H16F2N2O2/c1-2-19-9-4-7-17(8-5-9)13(18)10-3-6-16-12(15)11(10)14/h3,6,9H,2,4-5,7-8H2,1H3. The number of piperidine rings is 1. The van der Waals surface area contributed by atoms with Gasteiger partial charge in [-0.15, -0.1) is 0 Å². The summed E-state index contributed by atoms with van der Waals surface area (Å²) in [5, 5.41) is 0. The van der Waals surface area contributed by atoms with Crippen molar-refractivity contribution in [1.82, 2.24) is 9.88 Å². The van der Waals surface area contributed by atoms with Gasteiger partial charge in [0.1, 0.15) is 0 Å². The van der Waals surface area contributed by atoms with E-state index in [-0.39, 0.29) is 11.7 Å². The smallest absolute Gasteiger partial charge is 0.257 e. The summed E-state index contributed by atoms with van der Waals surface area (Å²) in [6.07, 6.45) is 2.68. The summed E-state index contributed by atoms with van der Waals surface area (Å²) in [6, 6.07) is 1.20. The molecule has 1 aliphatic heterocycles. The normalized spacial score (nSPS) is 16.7. The van der Waals surface area contributed by atoms with Gasteiger partial charge in [-0.3, -0.25) is 4.79 Å². The minimum absolute atomic E-state index is 0.146. The molecule has 0 radical (unpaired) electrons. The number of hydrogen-bond donors (Lipinski definition) is 0. The molecule has 0 aliphatic carbocycles. The fourth-order valence-electron chi connectivity index (χ4n) is 2.21. The van der Waals surface area contributed by atoms with E-state index >= 15 is 0 Å². The molecule has 6 heteroatoms. The van der Waals surface area contributed by atoms with Crippen LogP contribution in [0.4, 0.5) is 8.78 Å². The van der Waals surface area contributed by atoms with Gasteiger partial charge in [-0.25, -0.2) is 9.37 Å². The Hall–Kier alpha value is -1.56. The Labute approximate surface area is 110 Å². The maximum atomic E-state index is 13.5. The van der Waals surface area contributed by atoms with Gasteiger partial charge in [0.2, 0.25) is 5.95 Å². The van der Waals surface area contributed by atoms with Gasteiger partial charge in [-0.2, -0.15) is 4.39 Å². The quantitative estimate of drug-likeness (QED) is 0.789. The van der Waals surface area contributed by atoms with Crippen molar-refractivity contribution < 1.29 is 18.3 Å². The molecule has 2 rings (SSSR count). The van der Waals surface area contributed by atoms with Gasteiger partial charge < -0.3 is 9.64 Å². The Morgan fingerprint density at radius 2 is 2.16 bits per heavy atom. The van der Waals surface area contributed by atoms with Crippen LogP contribution in [-0.2, 0) is 4.74 Å². The summed E-state index contributed by atoms with van der Waals surface area (Å²) in [5.74, 6) is -2.91. The van der Waals surface area contributed by atoms with E-state index in [4.69, 9.17) is 4.74 Å². The number of carbonyl (C=O) groups is 1. The minimum Gasteiger partial charge on any atom is -0.378 e. The second kappa shape index (κ2) is 6.06. The summed E-state index contributed by atoms with van der Waals surface area (Å²) in [6.45, 7) is 3.55. The van der Waals surface area contributed by atoms with Gasteiger partial charge in [0.05, 0.1) is 11.7 Å². The molecule has 1 aliphatic rings. The molecule has 1 aromatic rings. The molecule has 1 amide bonds. The average Bonchev–Trinajstić information content (AvgIpc) is 2.42. The lowest BCUT2D eigenvalue weighted by Crippen LogP contribution is -2.41. The number of likely N-dealkylation sites (tertiary alicyclic amines) is 1. The van der Waals surface area contributed by atoms with Crippen molar-refractivity contribution in [3.05, 3.63) is 29.6 Å². The predicted molar refractivity (Wildman–Crippen MR) is 64.7 cm³/mol. The monoisotopic (exact) mass is 270 g/mol. The number of halogens is 2. The maximum absolute atomic E-state index is 13.5. The van der Waals surface area contributed by atoms with E-state index in [1.165, 1.54) is 11.0 Å². The third kappa shape index (κ3) is 3.07. The zero-order chi connectivity index (χ0) is 13.8. The molecule has 0 atom stereocenters. The van der Waals surface area contributed by atoms with E-state index in [1.807, 2.05) is 6.92 Å². The molecule has 4 nitrogen and oxygen atoms in total. The maximum Gasteiger partial charge on any atom is 0.257 e. The van der Waals surface area contributed by atoms with Gasteiger partial charge in [0.15, 0.2) is 5.82 Å². The van der Waals surface area contributed by atoms with Crippen molar-refractivity contribution in [2.75, 3.05) is 19.7 Å². The Kier molecular flexibility index (Phi) is 4.42. The molecule has 0 spiro atoms. The Balaban J connectivity index is 2.03. The SMILES string of the molecule is CCOC1CCN(C(=O)c2ccnc(F)c2F)CC1. The van der Waals surface area contributed by atoms with E-state index < -0.39 is 17.7 Å². The van der Waals surface area contributed by atoms with Crippen molar-refractivity contribution in [3.63, 3.8) is 0 Å². The van der Waals surface area contributed by atoms with Crippen molar-refractivity contribution in [1.29, 1.82) is 0 Å². The number of amides is 1. The van der Waals surface area contributed by atoms with Crippen LogP contribution in [0, 0.1) is 11.8 Å². The van der Waals surface area contributed by atoms with Gasteiger partial charge in [-0.05, 0) is 25.8 Å². The molecule has 19 heavy (non-hydrogen) atoms. The van der Waals surface area contributed by atoms with Crippen LogP contribution in [0.2, 0.25) is 0 Å². The molecule has 0 N–H and O–H groups in total. The van der Waals surface area contributed by atoms with Crippen molar-refractivity contribution in [3.8, 4) is 0 Å². The molecule has 104 valence electrons. The zero-order valence-corrected chi connectivity index (χ0v) is 10.7. The topological polar surface area (TPSA) is 42.4 Å². The van der Waals surface area contributed by atoms with Gasteiger partial charge >= 0.3 is 0 Å². The number of nitrogens with zero attached hydrogens (tertiary/aromatic N) is 2. The highest BCUT2D eigenvalue weighted by molar-refractivity contribution is 5.94. The highest BCUT2D eigenvalue weighted by atomic mass is 19.2. The zero-order valence-electron chi connectivity index (χ0n) is 10.7. The first kappa shape index (κ1) is 13.9. The van der Waals surface area contributed by atoms with Crippen molar-refractivity contribution in [2.24, 2.45) is 0 Å². The summed E-state index contributed by atoms with van der Waals surface area (Å²) in [7, 11) is 0. The largest absolute Gasteiger partial charge is 0.378 e. The number of pyridine rings is 1. The van der Waals surface area contributed by atoms with Crippen molar-refractivity contribution in [2.45, 2.75) is 25.9 Å². The number of hydrogen-bond acceptors (Lipinski definition) is 3. The van der Waals surface area contributed by atoms with Crippen molar-refractivity contribution >= 4 is 5.91 Å². The molecular formula is C13H16F2N2O2. The molecule has 1 aromatic heterocycles. The fraction of sp³-hybridized carbons (Fsp3) is 0.538. The minimum atomic E-state index is -1.24. The number of carbonyl (C=O) groups excluding carboxylic acids is 1. The second-order valence-electron chi connectivity index (χ2n) is 4.41. The summed E-state index contributed by atoms with van der Waals surface area (Å²) in [5.41, 5.74) is -0.262. The lowest BCUT2D eigenvalue weighted by Gasteiger charge is -2.31. The lowest BCUT2D eigenvalue weighted by atomic mass is 10.1. The van der Waals surface area contributed by atoms with Gasteiger partial charge in [0, 0.05) is 25.9 Å². The van der Waals surface area contributed by atoms with Crippen LogP contribution >= 0.6 is 0 Å². The molecule has 0 unspecified atom stereocenters. The summed E-state index contributed by atoms with van der Waals surface area (Å²) >= 11 is 0. The molecule has 0 bridgehead atoms. The predicted octanol–water partition coefficient (Wildman–Crippen LogP) is 2.00. The first-order valence-electron chi connectivity index (χ1n) is 6.34. The Morgan fingerprint density at radius 1 is 1.47 bits per heavy atom. The van der Waals surface area contributed by atoms with E-state index in [0.29, 0.717) is 19.7 Å². The van der Waals surface area contributed by atoms with Crippen LogP contribution in [0.1, 0.15) is 30.1 Å². The van der Waals surface area contributed by atoms with Crippen LogP contribution in [0.5, 0.6) is 0 Å². The highest BCUT2D eigenvalue weighted by Crippen LogP contribution is 2.18. The third-order valence-electron chi connectivity index (χ3n) is 3.21. The highest BCUT2D eigenvalue weighted by Gasteiger charge is 2.26. The molecular weight excluding hydrogens is 254 g/mol. The molecule has 0 aromatic carbocycles. The van der Waals surface area contributed by atoms with Gasteiger partial charge in [-0.1, -0.05) is 0 Å². The molecule has 0 saturated carbocycles. The molecule has 2 heterocycles. The van der Waals surface area contributed by atoms with Crippen LogP contribution in [0.15, 0.2) is 12.3 Å².